The van der Waals surface area contributed by atoms with Gasteiger partial charge < -0.3 is 14.7 Å². The Morgan fingerprint density at radius 3 is 1.48 bits per heavy atom. The van der Waals surface area contributed by atoms with Crippen molar-refractivity contribution in [2.75, 3.05) is 7.11 Å². The van der Waals surface area contributed by atoms with E-state index in [1.165, 1.54) is 0 Å². The van der Waals surface area contributed by atoms with Crippen molar-refractivity contribution in [1.29, 1.82) is 0 Å². The zero-order valence-corrected chi connectivity index (χ0v) is 14.0. The molecule has 0 aliphatic heterocycles. The van der Waals surface area contributed by atoms with Crippen LogP contribution in [0.15, 0.2) is 24.3 Å². The maximum atomic E-state index is 10.4. The summed E-state index contributed by atoms with van der Waals surface area (Å²) < 4.78 is 5.65. The highest BCUT2D eigenvalue weighted by Crippen LogP contribution is 2.42. The molecule has 2 aromatic carbocycles. The Balaban J connectivity index is 2.66. The van der Waals surface area contributed by atoms with Gasteiger partial charge in [0.2, 0.25) is 0 Å². The highest BCUT2D eigenvalue weighted by molar-refractivity contribution is 7.69. The Kier molecular flexibility index (Phi) is 4.55. The van der Waals surface area contributed by atoms with Gasteiger partial charge in [-0.1, -0.05) is 12.1 Å². The maximum absolute atomic E-state index is 10.4. The highest BCUT2D eigenvalue weighted by atomic mass is 31.1. The molecule has 4 heteroatoms. The molecular formula is C17H21O3P. The maximum Gasteiger partial charge on any atom is 0.128 e. The molecule has 2 aromatic rings. The second-order valence-electron chi connectivity index (χ2n) is 5.38. The van der Waals surface area contributed by atoms with Crippen LogP contribution in [0.2, 0.25) is 0 Å². The Labute approximate surface area is 127 Å². The molecule has 0 aliphatic carbocycles. The summed E-state index contributed by atoms with van der Waals surface area (Å²) in [5, 5.41) is 22.2. The minimum atomic E-state index is -1.26. The fourth-order valence-corrected chi connectivity index (χ4v) is 4.54. The van der Waals surface area contributed by atoms with Crippen LogP contribution in [0, 0.1) is 27.7 Å². The van der Waals surface area contributed by atoms with Crippen molar-refractivity contribution in [1.82, 2.24) is 0 Å². The summed E-state index contributed by atoms with van der Waals surface area (Å²) in [7, 11) is 0.356. The zero-order chi connectivity index (χ0) is 15.7. The number of phenolic OH excluding ortho intramolecular Hbond substituents is 2. The molecule has 0 spiro atoms. The third-order valence-corrected chi connectivity index (χ3v) is 5.39. The number of aromatic hydroxyl groups is 2. The van der Waals surface area contributed by atoms with Crippen LogP contribution in [0.3, 0.4) is 0 Å². The number of aryl methyl sites for hydroxylation is 4. The molecule has 112 valence electrons. The SMILES string of the molecule is COP(c1cc(C)cc(C)c1O)c1cc(C)cc(C)c1O. The first-order chi connectivity index (χ1) is 9.85. The molecule has 0 fully saturated rings. The number of hydrogen-bond acceptors (Lipinski definition) is 3. The first kappa shape index (κ1) is 15.8. The fourth-order valence-electron chi connectivity index (χ4n) is 2.51. The standard InChI is InChI=1S/C17H21O3P/c1-10-6-12(3)16(18)14(8-10)21(20-5)15-9-11(2)7-13(4)17(15)19/h6-9,18-19H,1-5H3. The van der Waals surface area contributed by atoms with Crippen molar-refractivity contribution in [2.24, 2.45) is 0 Å². The van der Waals surface area contributed by atoms with Crippen molar-refractivity contribution in [2.45, 2.75) is 27.7 Å². The predicted octanol–water partition coefficient (Wildman–Crippen LogP) is 3.33. The Bertz CT molecular complexity index is 623. The van der Waals surface area contributed by atoms with Crippen molar-refractivity contribution >= 4 is 18.8 Å². The van der Waals surface area contributed by atoms with E-state index in [1.54, 1.807) is 7.11 Å². The quantitative estimate of drug-likeness (QED) is 0.855. The first-order valence-electron chi connectivity index (χ1n) is 6.79. The first-order valence-corrected chi connectivity index (χ1v) is 8.05. The zero-order valence-electron chi connectivity index (χ0n) is 13.1. The summed E-state index contributed by atoms with van der Waals surface area (Å²) in [6, 6.07) is 7.72. The van der Waals surface area contributed by atoms with E-state index >= 15 is 0 Å². The van der Waals surface area contributed by atoms with E-state index in [0.29, 0.717) is 0 Å². The number of hydrogen-bond donors (Lipinski definition) is 2. The minimum absolute atomic E-state index is 0.243. The lowest BCUT2D eigenvalue weighted by molar-refractivity contribution is 0.457. The van der Waals surface area contributed by atoms with Gasteiger partial charge in [0.15, 0.2) is 0 Å². The van der Waals surface area contributed by atoms with Crippen LogP contribution in [-0.4, -0.2) is 17.3 Å². The molecule has 0 aromatic heterocycles. The lowest BCUT2D eigenvalue weighted by atomic mass is 10.1. The van der Waals surface area contributed by atoms with Crippen LogP contribution in [0.5, 0.6) is 11.5 Å². The molecule has 0 aliphatic rings. The third kappa shape index (κ3) is 3.04. The van der Waals surface area contributed by atoms with Gasteiger partial charge in [0, 0.05) is 17.7 Å². The average molecular weight is 304 g/mol. The van der Waals surface area contributed by atoms with E-state index < -0.39 is 8.15 Å². The van der Waals surface area contributed by atoms with Crippen LogP contribution in [0.25, 0.3) is 0 Å². The second-order valence-corrected chi connectivity index (χ2v) is 7.29. The highest BCUT2D eigenvalue weighted by Gasteiger charge is 2.23. The smallest absolute Gasteiger partial charge is 0.128 e. The van der Waals surface area contributed by atoms with Crippen LogP contribution in [-0.2, 0) is 4.52 Å². The van der Waals surface area contributed by atoms with E-state index in [1.807, 2.05) is 52.0 Å². The van der Waals surface area contributed by atoms with Gasteiger partial charge in [-0.3, -0.25) is 0 Å². The van der Waals surface area contributed by atoms with Gasteiger partial charge in [-0.25, -0.2) is 0 Å². The molecule has 2 rings (SSSR count). The lowest BCUT2D eigenvalue weighted by Gasteiger charge is -2.21. The van der Waals surface area contributed by atoms with E-state index in [0.717, 1.165) is 32.9 Å². The summed E-state index contributed by atoms with van der Waals surface area (Å²) in [5.74, 6) is 0.485. The van der Waals surface area contributed by atoms with Crippen LogP contribution >= 0.6 is 8.15 Å². The van der Waals surface area contributed by atoms with Crippen molar-refractivity contribution < 1.29 is 14.7 Å². The van der Waals surface area contributed by atoms with Crippen LogP contribution < -0.4 is 10.6 Å². The molecule has 0 bridgehead atoms. The Morgan fingerprint density at radius 2 is 1.14 bits per heavy atom. The predicted molar refractivity (Wildman–Crippen MR) is 88.4 cm³/mol. The summed E-state index contributed by atoms with van der Waals surface area (Å²) >= 11 is 0. The van der Waals surface area contributed by atoms with E-state index in [-0.39, 0.29) is 11.5 Å². The summed E-state index contributed by atoms with van der Waals surface area (Å²) in [6.07, 6.45) is 0. The van der Waals surface area contributed by atoms with Crippen LogP contribution in [0.4, 0.5) is 0 Å². The topological polar surface area (TPSA) is 49.7 Å². The molecule has 0 amide bonds. The largest absolute Gasteiger partial charge is 0.507 e. The fraction of sp³-hybridized carbons (Fsp3) is 0.294. The van der Waals surface area contributed by atoms with Gasteiger partial charge in [0.25, 0.3) is 0 Å². The molecule has 2 N–H and O–H groups in total. The third-order valence-electron chi connectivity index (χ3n) is 3.47. The van der Waals surface area contributed by atoms with Gasteiger partial charge >= 0.3 is 0 Å². The molecule has 0 radical (unpaired) electrons. The summed E-state index contributed by atoms with van der Waals surface area (Å²) in [5.41, 5.74) is 3.76. The second kappa shape index (κ2) is 6.05. The van der Waals surface area contributed by atoms with Gasteiger partial charge in [0.05, 0.1) is 8.15 Å². The number of benzene rings is 2. The van der Waals surface area contributed by atoms with Gasteiger partial charge in [0.1, 0.15) is 11.5 Å². The molecule has 0 unspecified atom stereocenters. The minimum Gasteiger partial charge on any atom is -0.507 e. The van der Waals surface area contributed by atoms with Gasteiger partial charge in [-0.15, -0.1) is 0 Å². The van der Waals surface area contributed by atoms with Crippen molar-refractivity contribution in [3.63, 3.8) is 0 Å². The molecular weight excluding hydrogens is 283 g/mol. The molecule has 3 nitrogen and oxygen atoms in total. The van der Waals surface area contributed by atoms with Gasteiger partial charge in [-0.2, -0.15) is 0 Å². The summed E-state index contributed by atoms with van der Waals surface area (Å²) in [4.78, 5) is 0. The lowest BCUT2D eigenvalue weighted by Crippen LogP contribution is -2.16. The monoisotopic (exact) mass is 304 g/mol. The van der Waals surface area contributed by atoms with Crippen molar-refractivity contribution in [3.05, 3.63) is 46.5 Å². The Morgan fingerprint density at radius 1 is 0.762 bits per heavy atom. The average Bonchev–Trinajstić information content (AvgIpc) is 2.41. The molecule has 0 saturated heterocycles. The van der Waals surface area contributed by atoms with Gasteiger partial charge in [-0.05, 0) is 62.1 Å². The van der Waals surface area contributed by atoms with E-state index in [4.69, 9.17) is 4.52 Å². The van der Waals surface area contributed by atoms with Crippen LogP contribution in [0.1, 0.15) is 22.3 Å². The normalized spacial score (nSPS) is 11.1. The van der Waals surface area contributed by atoms with E-state index in [2.05, 4.69) is 0 Å². The molecule has 0 atom stereocenters. The number of rotatable bonds is 3. The summed E-state index contributed by atoms with van der Waals surface area (Å²) in [6.45, 7) is 7.72. The van der Waals surface area contributed by atoms with E-state index in [9.17, 15) is 10.2 Å². The molecule has 0 heterocycles. The molecule has 21 heavy (non-hydrogen) atoms. The molecule has 0 saturated carbocycles. The number of phenols is 2. The Hall–Kier alpha value is -1.57. The van der Waals surface area contributed by atoms with Crippen molar-refractivity contribution in [3.8, 4) is 11.5 Å².